The van der Waals surface area contributed by atoms with Crippen LogP contribution in [0.1, 0.15) is 61.8 Å². The second-order valence-corrected chi connectivity index (χ2v) is 10.6. The van der Waals surface area contributed by atoms with Crippen LogP contribution in [-0.4, -0.2) is 45.0 Å². The highest BCUT2D eigenvalue weighted by molar-refractivity contribution is 7.90. The molecule has 1 heterocycles. The van der Waals surface area contributed by atoms with Gasteiger partial charge in [0.05, 0.1) is 6.04 Å². The number of likely N-dealkylation sites (tertiary alicyclic amines) is 1. The molecule has 1 unspecified atom stereocenters. The number of carbonyl (C=O) groups is 1. The first-order valence-electron chi connectivity index (χ1n) is 8.47. The van der Waals surface area contributed by atoms with Crippen molar-refractivity contribution in [2.75, 3.05) is 13.1 Å². The van der Waals surface area contributed by atoms with Crippen molar-refractivity contribution < 1.29 is 14.1 Å². The Bertz CT molecular complexity index is 404. The van der Waals surface area contributed by atoms with E-state index in [1.807, 2.05) is 41.5 Å². The van der Waals surface area contributed by atoms with Crippen LogP contribution in [0.3, 0.4) is 0 Å². The van der Waals surface area contributed by atoms with E-state index in [2.05, 4.69) is 18.6 Å². The van der Waals surface area contributed by atoms with Gasteiger partial charge in [-0.15, -0.1) is 4.72 Å². The summed E-state index contributed by atoms with van der Waals surface area (Å²) in [5.41, 5.74) is -0.463. The van der Waals surface area contributed by atoms with Crippen LogP contribution in [0.15, 0.2) is 0 Å². The number of hydrogen-bond donors (Lipinski definition) is 1. The van der Waals surface area contributed by atoms with Crippen LogP contribution in [0.2, 0.25) is 0 Å². The van der Waals surface area contributed by atoms with E-state index in [-0.39, 0.29) is 16.9 Å². The Hall–Kier alpha value is -0.460. The molecule has 1 amide bonds. The average molecular weight is 347 g/mol. The largest absolute Gasteiger partial charge is 0.598 e. The Morgan fingerprint density at radius 3 is 2.30 bits per heavy atom. The third-order valence-electron chi connectivity index (χ3n) is 4.11. The minimum absolute atomic E-state index is 0.158. The number of hydrogen-bond acceptors (Lipinski definition) is 4. The zero-order valence-corrected chi connectivity index (χ0v) is 16.8. The topological polar surface area (TPSA) is 64.6 Å². The van der Waals surface area contributed by atoms with Crippen molar-refractivity contribution in [2.45, 2.75) is 78.2 Å². The molecular formula is C17H34N2O3S. The Kier molecular flexibility index (Phi) is 6.82. The fraction of sp³-hybridized carbons (Fsp3) is 0.941. The summed E-state index contributed by atoms with van der Waals surface area (Å²) in [7, 11) is 0. The first-order valence-corrected chi connectivity index (χ1v) is 9.62. The van der Waals surface area contributed by atoms with Crippen LogP contribution < -0.4 is 4.72 Å². The third-order valence-corrected chi connectivity index (χ3v) is 5.81. The molecule has 0 spiro atoms. The number of nitrogens with one attached hydrogen (secondary N) is 1. The quantitative estimate of drug-likeness (QED) is 0.796. The predicted molar refractivity (Wildman–Crippen MR) is 95.6 cm³/mol. The molecule has 0 aliphatic carbocycles. The zero-order valence-electron chi connectivity index (χ0n) is 15.9. The lowest BCUT2D eigenvalue weighted by Gasteiger charge is -2.40. The van der Waals surface area contributed by atoms with Gasteiger partial charge in [-0.2, -0.15) is 0 Å². The summed E-state index contributed by atoms with van der Waals surface area (Å²) in [6.07, 6.45) is 0.664. The summed E-state index contributed by atoms with van der Waals surface area (Å²) in [5, 5.41) is 0. The number of ether oxygens (including phenoxy) is 1. The Balaban J connectivity index is 2.57. The molecule has 0 saturated carbocycles. The minimum atomic E-state index is -1.07. The molecule has 136 valence electrons. The zero-order chi connectivity index (χ0) is 18.0. The predicted octanol–water partition coefficient (Wildman–Crippen LogP) is 3.32. The molecule has 0 bridgehead atoms. The van der Waals surface area contributed by atoms with Crippen LogP contribution in [0, 0.1) is 11.8 Å². The van der Waals surface area contributed by atoms with Crippen molar-refractivity contribution >= 4 is 17.5 Å². The lowest BCUT2D eigenvalue weighted by atomic mass is 9.82. The number of carbonyl (C=O) groups excluding carboxylic acids is 1. The van der Waals surface area contributed by atoms with Crippen LogP contribution in [0.4, 0.5) is 4.79 Å². The molecule has 0 aromatic carbocycles. The first-order chi connectivity index (χ1) is 10.3. The minimum Gasteiger partial charge on any atom is -0.598 e. The molecule has 0 aromatic rings. The van der Waals surface area contributed by atoms with E-state index in [0.717, 1.165) is 6.42 Å². The highest BCUT2D eigenvalue weighted by atomic mass is 32.2. The molecule has 1 saturated heterocycles. The number of rotatable bonds is 3. The third kappa shape index (κ3) is 6.51. The summed E-state index contributed by atoms with van der Waals surface area (Å²) in [6, 6.07) is 0.158. The molecule has 1 N–H and O–H groups in total. The Morgan fingerprint density at radius 1 is 1.30 bits per heavy atom. The molecular weight excluding hydrogens is 312 g/mol. The van der Waals surface area contributed by atoms with Crippen molar-refractivity contribution in [3.05, 3.63) is 0 Å². The maximum atomic E-state index is 12.3. The number of piperidine rings is 1. The number of amides is 1. The van der Waals surface area contributed by atoms with Gasteiger partial charge in [-0.05, 0) is 66.7 Å². The highest BCUT2D eigenvalue weighted by Gasteiger charge is 2.37. The fourth-order valence-electron chi connectivity index (χ4n) is 2.83. The van der Waals surface area contributed by atoms with Gasteiger partial charge < -0.3 is 14.2 Å². The van der Waals surface area contributed by atoms with Crippen LogP contribution in [-0.2, 0) is 16.1 Å². The smallest absolute Gasteiger partial charge is 0.410 e. The average Bonchev–Trinajstić information content (AvgIpc) is 2.34. The highest BCUT2D eigenvalue weighted by Crippen LogP contribution is 2.28. The summed E-state index contributed by atoms with van der Waals surface area (Å²) in [5.74, 6) is 0.746. The van der Waals surface area contributed by atoms with Gasteiger partial charge in [0, 0.05) is 24.5 Å². The molecule has 4 atom stereocenters. The van der Waals surface area contributed by atoms with E-state index in [4.69, 9.17) is 4.74 Å². The van der Waals surface area contributed by atoms with Gasteiger partial charge in [-0.3, -0.25) is 0 Å². The molecule has 23 heavy (non-hydrogen) atoms. The van der Waals surface area contributed by atoms with Gasteiger partial charge >= 0.3 is 6.09 Å². The molecule has 1 aliphatic rings. The summed E-state index contributed by atoms with van der Waals surface area (Å²) in [4.78, 5) is 14.0. The molecule has 0 aromatic heterocycles. The molecule has 1 rings (SSSR count). The van der Waals surface area contributed by atoms with Gasteiger partial charge in [-0.1, -0.05) is 6.92 Å². The summed E-state index contributed by atoms with van der Waals surface area (Å²) >= 11 is -1.07. The van der Waals surface area contributed by atoms with E-state index in [9.17, 15) is 9.35 Å². The van der Waals surface area contributed by atoms with Gasteiger partial charge in [0.15, 0.2) is 0 Å². The molecule has 1 fully saturated rings. The standard InChI is InChI=1S/C17H34N2O3S/c1-12-11-19(15(20)22-16(3,4)5)10-9-14(12)13(2)18-23(21)17(6,7)8/h12-14,18H,9-11H2,1-8H3/t12-,13+,14+,23?/m1/s1. The van der Waals surface area contributed by atoms with Gasteiger partial charge in [0.2, 0.25) is 0 Å². The molecule has 5 nitrogen and oxygen atoms in total. The Labute approximate surface area is 144 Å². The summed E-state index contributed by atoms with van der Waals surface area (Å²) < 4.78 is 20.7. The SMILES string of the molecule is C[C@@H]1CN(C(=O)OC(C)(C)C)CC[C@@H]1[C@H](C)N[S+]([O-])C(C)(C)C. The van der Waals surface area contributed by atoms with Gasteiger partial charge in [-0.25, -0.2) is 4.79 Å². The van der Waals surface area contributed by atoms with Gasteiger partial charge in [0.1, 0.15) is 10.3 Å². The van der Waals surface area contributed by atoms with Gasteiger partial charge in [0.25, 0.3) is 0 Å². The van der Waals surface area contributed by atoms with E-state index in [0.29, 0.717) is 24.9 Å². The van der Waals surface area contributed by atoms with E-state index < -0.39 is 17.0 Å². The van der Waals surface area contributed by atoms with Crippen LogP contribution in [0.5, 0.6) is 0 Å². The fourth-order valence-corrected chi connectivity index (χ4v) is 3.70. The van der Waals surface area contributed by atoms with Crippen LogP contribution in [0.25, 0.3) is 0 Å². The molecule has 0 radical (unpaired) electrons. The van der Waals surface area contributed by atoms with E-state index in [1.165, 1.54) is 0 Å². The van der Waals surface area contributed by atoms with Crippen molar-refractivity contribution in [2.24, 2.45) is 11.8 Å². The monoisotopic (exact) mass is 346 g/mol. The van der Waals surface area contributed by atoms with Crippen molar-refractivity contribution in [3.8, 4) is 0 Å². The lowest BCUT2D eigenvalue weighted by Crippen LogP contribution is -2.52. The normalized spacial score (nSPS) is 25.9. The first kappa shape index (κ1) is 20.6. The van der Waals surface area contributed by atoms with E-state index >= 15 is 0 Å². The second-order valence-electron chi connectivity index (χ2n) is 8.64. The maximum absolute atomic E-state index is 12.3. The molecule has 6 heteroatoms. The lowest BCUT2D eigenvalue weighted by molar-refractivity contribution is 0.00984. The number of nitrogens with zero attached hydrogens (tertiary/aromatic N) is 1. The van der Waals surface area contributed by atoms with E-state index in [1.54, 1.807) is 4.90 Å². The Morgan fingerprint density at radius 2 is 1.87 bits per heavy atom. The van der Waals surface area contributed by atoms with Crippen molar-refractivity contribution in [1.29, 1.82) is 0 Å². The summed E-state index contributed by atoms with van der Waals surface area (Å²) in [6.45, 7) is 17.2. The van der Waals surface area contributed by atoms with Crippen molar-refractivity contribution in [1.82, 2.24) is 9.62 Å². The maximum Gasteiger partial charge on any atom is 0.410 e. The van der Waals surface area contributed by atoms with Crippen molar-refractivity contribution in [3.63, 3.8) is 0 Å². The van der Waals surface area contributed by atoms with Crippen LogP contribution >= 0.6 is 0 Å². The second kappa shape index (κ2) is 7.62. The molecule has 1 aliphatic heterocycles.